The van der Waals surface area contributed by atoms with E-state index in [0.717, 1.165) is 28.3 Å². The van der Waals surface area contributed by atoms with Gasteiger partial charge in [0, 0.05) is 18.2 Å². The lowest BCUT2D eigenvalue weighted by Crippen LogP contribution is -2.28. The number of ether oxygens (including phenoxy) is 2. The molecule has 4 rings (SSSR count). The number of nitrogens with zero attached hydrogens (tertiary/aromatic N) is 3. The number of hydrogen-bond donors (Lipinski definition) is 1. The molecular weight excluding hydrogens is 472 g/mol. The molecule has 1 aliphatic rings. The van der Waals surface area contributed by atoms with E-state index in [1.807, 2.05) is 42.6 Å². The molecule has 1 aliphatic heterocycles. The van der Waals surface area contributed by atoms with E-state index < -0.39 is 0 Å². The Balaban J connectivity index is 1.58. The van der Waals surface area contributed by atoms with E-state index in [0.29, 0.717) is 29.5 Å². The topological polar surface area (TPSA) is 96.9 Å². The molecule has 10 heteroatoms. The molecule has 0 saturated carbocycles. The van der Waals surface area contributed by atoms with Gasteiger partial charge in [0.25, 0.3) is 11.5 Å². The highest BCUT2D eigenvalue weighted by Crippen LogP contribution is 2.38. The van der Waals surface area contributed by atoms with Crippen molar-refractivity contribution in [3.8, 4) is 11.5 Å². The number of thiophene rings is 1. The summed E-state index contributed by atoms with van der Waals surface area (Å²) in [6.07, 6.45) is 2.20. The van der Waals surface area contributed by atoms with E-state index in [9.17, 15) is 9.59 Å². The van der Waals surface area contributed by atoms with Crippen molar-refractivity contribution in [3.05, 3.63) is 68.3 Å². The van der Waals surface area contributed by atoms with E-state index >= 15 is 0 Å². The van der Waals surface area contributed by atoms with Crippen LogP contribution in [0.25, 0.3) is 0 Å². The maximum Gasteiger partial charge on any atom is 0.253 e. The number of carbonyl (C=O) groups is 1. The lowest BCUT2D eigenvalue weighted by molar-refractivity contribution is -0.130. The minimum absolute atomic E-state index is 0.101. The van der Waals surface area contributed by atoms with E-state index in [2.05, 4.69) is 9.97 Å². The van der Waals surface area contributed by atoms with Crippen molar-refractivity contribution in [2.24, 2.45) is 5.10 Å². The maximum atomic E-state index is 13.3. The molecule has 1 aromatic carbocycles. The Morgan fingerprint density at radius 1 is 1.24 bits per heavy atom. The van der Waals surface area contributed by atoms with Gasteiger partial charge in [0.15, 0.2) is 16.7 Å². The minimum Gasteiger partial charge on any atom is -0.493 e. The second kappa shape index (κ2) is 10.9. The zero-order valence-corrected chi connectivity index (χ0v) is 20.9. The Labute approximate surface area is 206 Å². The first-order valence-corrected chi connectivity index (χ1v) is 12.8. The van der Waals surface area contributed by atoms with Crippen LogP contribution < -0.4 is 15.0 Å². The summed E-state index contributed by atoms with van der Waals surface area (Å²) in [6.45, 7) is 2.03. The van der Waals surface area contributed by atoms with Crippen LogP contribution in [0.4, 0.5) is 0 Å². The van der Waals surface area contributed by atoms with Gasteiger partial charge in [-0.1, -0.05) is 37.2 Å². The smallest absolute Gasteiger partial charge is 0.253 e. The fourth-order valence-corrected chi connectivity index (χ4v) is 5.25. The molecule has 3 aromatic rings. The molecule has 0 radical (unpaired) electrons. The van der Waals surface area contributed by atoms with Gasteiger partial charge < -0.3 is 14.5 Å². The summed E-state index contributed by atoms with van der Waals surface area (Å²) in [4.78, 5) is 33.5. The molecule has 1 amide bonds. The number of nitrogens with one attached hydrogen (secondary N) is 1. The molecule has 0 fully saturated rings. The summed E-state index contributed by atoms with van der Waals surface area (Å²) >= 11 is 2.80. The van der Waals surface area contributed by atoms with Crippen molar-refractivity contribution in [1.29, 1.82) is 0 Å². The molecule has 2 aromatic heterocycles. The molecule has 34 heavy (non-hydrogen) atoms. The van der Waals surface area contributed by atoms with Crippen LogP contribution in [0.3, 0.4) is 0 Å². The average Bonchev–Trinajstić information content (AvgIpc) is 3.52. The molecule has 8 nitrogen and oxygen atoms in total. The van der Waals surface area contributed by atoms with Crippen LogP contribution in [0.1, 0.15) is 41.9 Å². The zero-order chi connectivity index (χ0) is 24.1. The summed E-state index contributed by atoms with van der Waals surface area (Å²) in [5, 5.41) is 8.67. The Kier molecular flexibility index (Phi) is 7.69. The van der Waals surface area contributed by atoms with Crippen molar-refractivity contribution >= 4 is 34.7 Å². The Morgan fingerprint density at radius 2 is 2.06 bits per heavy atom. The number of hydrogen-bond acceptors (Lipinski definition) is 8. The summed E-state index contributed by atoms with van der Waals surface area (Å²) in [6, 6.07) is 10.9. The van der Waals surface area contributed by atoms with E-state index in [1.165, 1.54) is 22.8 Å². The third-order valence-corrected chi connectivity index (χ3v) is 7.15. The number of benzene rings is 1. The second-order valence-corrected chi connectivity index (χ2v) is 9.59. The van der Waals surface area contributed by atoms with Crippen LogP contribution in [0.2, 0.25) is 0 Å². The van der Waals surface area contributed by atoms with Gasteiger partial charge in [0.05, 0.1) is 36.6 Å². The van der Waals surface area contributed by atoms with Crippen molar-refractivity contribution < 1.29 is 14.3 Å². The van der Waals surface area contributed by atoms with Crippen LogP contribution in [-0.2, 0) is 11.2 Å². The average molecular weight is 499 g/mol. The fraction of sp³-hybridized carbons (Fsp3) is 0.333. The van der Waals surface area contributed by atoms with Crippen molar-refractivity contribution in [2.75, 3.05) is 20.0 Å². The molecule has 0 bridgehead atoms. The lowest BCUT2D eigenvalue weighted by atomic mass is 10.0. The summed E-state index contributed by atoms with van der Waals surface area (Å²) in [5.41, 5.74) is 2.28. The molecule has 3 heterocycles. The van der Waals surface area contributed by atoms with Crippen molar-refractivity contribution in [1.82, 2.24) is 15.0 Å². The van der Waals surface area contributed by atoms with Crippen molar-refractivity contribution in [2.45, 2.75) is 37.4 Å². The number of H-pyrrole nitrogens is 1. The van der Waals surface area contributed by atoms with Crippen LogP contribution >= 0.6 is 23.1 Å². The molecule has 1 N–H and O–H groups in total. The summed E-state index contributed by atoms with van der Waals surface area (Å²) in [7, 11) is 3.18. The van der Waals surface area contributed by atoms with Crippen LogP contribution in [-0.4, -0.2) is 46.6 Å². The molecule has 0 aliphatic carbocycles. The predicted molar refractivity (Wildman–Crippen MR) is 134 cm³/mol. The first-order chi connectivity index (χ1) is 16.5. The molecule has 1 atom stereocenters. The van der Waals surface area contributed by atoms with Crippen LogP contribution in [0.5, 0.6) is 11.5 Å². The zero-order valence-electron chi connectivity index (χ0n) is 19.2. The lowest BCUT2D eigenvalue weighted by Gasteiger charge is -2.22. The van der Waals surface area contributed by atoms with Gasteiger partial charge >= 0.3 is 0 Å². The van der Waals surface area contributed by atoms with Gasteiger partial charge in [-0.2, -0.15) is 5.10 Å². The van der Waals surface area contributed by atoms with Gasteiger partial charge in [-0.3, -0.25) is 9.59 Å². The predicted octanol–water partition coefficient (Wildman–Crippen LogP) is 4.27. The summed E-state index contributed by atoms with van der Waals surface area (Å²) < 4.78 is 10.8. The Morgan fingerprint density at radius 3 is 2.76 bits per heavy atom. The third kappa shape index (κ3) is 5.34. The largest absolute Gasteiger partial charge is 0.493 e. The fourth-order valence-electron chi connectivity index (χ4n) is 3.78. The number of aromatic nitrogens is 2. The number of carbonyl (C=O) groups excluding carboxylic acids is 1. The maximum absolute atomic E-state index is 13.3. The van der Waals surface area contributed by atoms with Gasteiger partial charge in [-0.15, -0.1) is 11.3 Å². The van der Waals surface area contributed by atoms with Crippen LogP contribution in [0.15, 0.2) is 56.8 Å². The molecule has 1 unspecified atom stereocenters. The molecule has 178 valence electrons. The highest BCUT2D eigenvalue weighted by Gasteiger charge is 2.34. The van der Waals surface area contributed by atoms with Gasteiger partial charge in [0.1, 0.15) is 0 Å². The Bertz CT molecular complexity index is 1240. The number of amides is 1. The van der Waals surface area contributed by atoms with Gasteiger partial charge in [-0.05, 0) is 35.6 Å². The normalized spacial score (nSPS) is 15.3. The van der Waals surface area contributed by atoms with Crippen molar-refractivity contribution in [3.63, 3.8) is 0 Å². The molecule has 0 saturated heterocycles. The Hall–Kier alpha value is -3.11. The number of hydrazone groups is 1. The molecular formula is C24H26N4O4S2. The number of methoxy groups -OCH3 is 2. The van der Waals surface area contributed by atoms with Gasteiger partial charge in [-0.25, -0.2) is 9.99 Å². The SMILES string of the molecule is CCCc1cc(=O)[nH]c(SCC(=O)N2N=C(c3cccs3)CC2c2ccc(OC)c(OC)c2)n1. The number of aromatic amines is 1. The van der Waals surface area contributed by atoms with Crippen LogP contribution in [0, 0.1) is 0 Å². The molecule has 0 spiro atoms. The third-order valence-electron chi connectivity index (χ3n) is 5.38. The number of thioether (sulfide) groups is 1. The minimum atomic E-state index is -0.275. The quantitative estimate of drug-likeness (QED) is 0.350. The summed E-state index contributed by atoms with van der Waals surface area (Å²) in [5.74, 6) is 1.16. The van der Waals surface area contributed by atoms with Gasteiger partial charge in [0.2, 0.25) is 0 Å². The standard InChI is InChI=1S/C24H26N4O4S2/c1-4-6-16-12-22(29)26-24(25-16)34-14-23(30)28-18(13-17(27-28)21-7-5-10-33-21)15-8-9-19(31-2)20(11-15)32-3/h5,7-12,18H,4,6,13-14H2,1-3H3,(H,25,26,29). The number of aryl methyl sites for hydroxylation is 1. The van der Waals surface area contributed by atoms with E-state index in [1.54, 1.807) is 25.6 Å². The first-order valence-electron chi connectivity index (χ1n) is 10.9. The van der Waals surface area contributed by atoms with E-state index in [-0.39, 0.29) is 23.3 Å². The number of rotatable bonds is 9. The highest BCUT2D eigenvalue weighted by molar-refractivity contribution is 7.99. The highest BCUT2D eigenvalue weighted by atomic mass is 32.2. The monoisotopic (exact) mass is 498 g/mol. The first kappa shape index (κ1) is 24.0. The van der Waals surface area contributed by atoms with E-state index in [4.69, 9.17) is 14.6 Å². The second-order valence-electron chi connectivity index (χ2n) is 7.68.